The number of halogens is 1. The zero-order valence-electron chi connectivity index (χ0n) is 17.6. The number of nitrogens with one attached hydrogen (secondary N) is 1. The second kappa shape index (κ2) is 9.05. The van der Waals surface area contributed by atoms with Crippen molar-refractivity contribution in [3.8, 4) is 17.2 Å². The molecule has 1 amide bonds. The van der Waals surface area contributed by atoms with Crippen LogP contribution in [0.25, 0.3) is 5.69 Å². The molecule has 0 bridgehead atoms. The van der Waals surface area contributed by atoms with Crippen LogP contribution in [0.1, 0.15) is 32.9 Å². The van der Waals surface area contributed by atoms with Crippen LogP contribution in [-0.4, -0.2) is 30.9 Å². The van der Waals surface area contributed by atoms with Crippen molar-refractivity contribution in [3.05, 3.63) is 75.6 Å². The minimum Gasteiger partial charge on any atom is -0.497 e. The first-order valence-corrected chi connectivity index (χ1v) is 9.73. The van der Waals surface area contributed by atoms with E-state index in [-0.39, 0.29) is 5.91 Å². The van der Waals surface area contributed by atoms with Crippen LogP contribution >= 0.6 is 11.6 Å². The van der Waals surface area contributed by atoms with Gasteiger partial charge in [-0.3, -0.25) is 4.79 Å². The Bertz CT molecular complexity index is 1100. The normalized spacial score (nSPS) is 11.0. The highest BCUT2D eigenvalue weighted by Crippen LogP contribution is 2.25. The quantitative estimate of drug-likeness (QED) is 0.454. The van der Waals surface area contributed by atoms with Crippen molar-refractivity contribution >= 4 is 23.7 Å². The van der Waals surface area contributed by atoms with Crippen molar-refractivity contribution in [2.24, 2.45) is 5.10 Å². The van der Waals surface area contributed by atoms with Crippen molar-refractivity contribution in [1.29, 1.82) is 0 Å². The number of aromatic nitrogens is 1. The number of hydrogen-bond acceptors (Lipinski definition) is 4. The van der Waals surface area contributed by atoms with Gasteiger partial charge in [-0.2, -0.15) is 5.10 Å². The van der Waals surface area contributed by atoms with E-state index in [4.69, 9.17) is 21.1 Å². The maximum atomic E-state index is 12.5. The molecule has 0 saturated carbocycles. The van der Waals surface area contributed by atoms with Crippen LogP contribution in [0, 0.1) is 20.8 Å². The van der Waals surface area contributed by atoms with Gasteiger partial charge in [-0.1, -0.05) is 17.7 Å². The summed E-state index contributed by atoms with van der Waals surface area (Å²) in [6, 6.07) is 12.8. The lowest BCUT2D eigenvalue weighted by Gasteiger charge is -2.13. The van der Waals surface area contributed by atoms with Gasteiger partial charge in [0, 0.05) is 39.3 Å². The maximum absolute atomic E-state index is 12.5. The SMILES string of the molecule is COc1cc(OC)cc(C(=O)N/N=C\c2cc(C)n(-c3cc(Cl)ccc3C)c2C)c1. The Hall–Kier alpha value is -3.25. The molecule has 0 fully saturated rings. The second-order valence-corrected chi connectivity index (χ2v) is 7.33. The Morgan fingerprint density at radius 1 is 1.03 bits per heavy atom. The number of amides is 1. The first-order chi connectivity index (χ1) is 14.3. The van der Waals surface area contributed by atoms with E-state index in [1.165, 1.54) is 14.2 Å². The van der Waals surface area contributed by atoms with Gasteiger partial charge in [-0.25, -0.2) is 5.43 Å². The fourth-order valence-electron chi connectivity index (χ4n) is 3.28. The number of carbonyl (C=O) groups excluding carboxylic acids is 1. The molecular formula is C23H24ClN3O3. The summed E-state index contributed by atoms with van der Waals surface area (Å²) in [5, 5.41) is 4.81. The van der Waals surface area contributed by atoms with Crippen LogP contribution in [0.15, 0.2) is 47.6 Å². The molecule has 1 aromatic heterocycles. The molecule has 0 radical (unpaired) electrons. The van der Waals surface area contributed by atoms with Gasteiger partial charge in [-0.15, -0.1) is 0 Å². The number of rotatable bonds is 6. The molecular weight excluding hydrogens is 402 g/mol. The molecule has 6 nitrogen and oxygen atoms in total. The van der Waals surface area contributed by atoms with Gasteiger partial charge in [0.25, 0.3) is 5.91 Å². The molecule has 0 unspecified atom stereocenters. The van der Waals surface area contributed by atoms with E-state index in [0.29, 0.717) is 22.1 Å². The highest BCUT2D eigenvalue weighted by Gasteiger charge is 2.13. The van der Waals surface area contributed by atoms with E-state index in [2.05, 4.69) is 15.1 Å². The number of hydrogen-bond donors (Lipinski definition) is 1. The monoisotopic (exact) mass is 425 g/mol. The summed E-state index contributed by atoms with van der Waals surface area (Å²) in [6.07, 6.45) is 1.63. The standard InChI is InChI=1S/C23H24ClN3O3/c1-14-6-7-19(24)11-22(14)27-15(2)8-18(16(27)3)13-25-26-23(28)17-9-20(29-4)12-21(10-17)30-5/h6-13H,1-5H3,(H,26,28)/b25-13-. The smallest absolute Gasteiger partial charge is 0.271 e. The van der Waals surface area contributed by atoms with E-state index < -0.39 is 0 Å². The molecule has 1 N–H and O–H groups in total. The molecule has 0 saturated heterocycles. The third-order valence-corrected chi connectivity index (χ3v) is 5.10. The Labute approximate surface area is 181 Å². The lowest BCUT2D eigenvalue weighted by Crippen LogP contribution is -2.17. The van der Waals surface area contributed by atoms with E-state index in [1.807, 2.05) is 45.0 Å². The van der Waals surface area contributed by atoms with E-state index in [9.17, 15) is 4.79 Å². The van der Waals surface area contributed by atoms with Gasteiger partial charge in [0.05, 0.1) is 20.4 Å². The molecule has 3 rings (SSSR count). The highest BCUT2D eigenvalue weighted by atomic mass is 35.5. The Balaban J connectivity index is 1.82. The van der Waals surface area contributed by atoms with Crippen LogP contribution in [0.3, 0.4) is 0 Å². The summed E-state index contributed by atoms with van der Waals surface area (Å²) in [7, 11) is 3.07. The van der Waals surface area contributed by atoms with Gasteiger partial charge in [0.15, 0.2) is 0 Å². The highest BCUT2D eigenvalue weighted by molar-refractivity contribution is 6.30. The largest absolute Gasteiger partial charge is 0.497 e. The van der Waals surface area contributed by atoms with Crippen molar-refractivity contribution in [2.75, 3.05) is 14.2 Å². The molecule has 0 atom stereocenters. The van der Waals surface area contributed by atoms with Gasteiger partial charge in [-0.05, 0) is 56.7 Å². The van der Waals surface area contributed by atoms with Crippen LogP contribution in [-0.2, 0) is 0 Å². The Morgan fingerprint density at radius 3 is 2.33 bits per heavy atom. The third-order valence-electron chi connectivity index (χ3n) is 4.87. The molecule has 30 heavy (non-hydrogen) atoms. The number of benzene rings is 2. The number of hydrazone groups is 1. The van der Waals surface area contributed by atoms with Crippen molar-refractivity contribution in [3.63, 3.8) is 0 Å². The van der Waals surface area contributed by atoms with Crippen molar-refractivity contribution in [1.82, 2.24) is 9.99 Å². The molecule has 0 aliphatic carbocycles. The Kier molecular flexibility index (Phi) is 6.47. The topological polar surface area (TPSA) is 64.8 Å². The van der Waals surface area contributed by atoms with Gasteiger partial charge in [0.1, 0.15) is 11.5 Å². The first kappa shape index (κ1) is 21.5. The van der Waals surface area contributed by atoms with Crippen LogP contribution < -0.4 is 14.9 Å². The average Bonchev–Trinajstić information content (AvgIpc) is 3.02. The van der Waals surface area contributed by atoms with Gasteiger partial charge < -0.3 is 14.0 Å². The average molecular weight is 426 g/mol. The maximum Gasteiger partial charge on any atom is 0.271 e. The lowest BCUT2D eigenvalue weighted by atomic mass is 10.2. The first-order valence-electron chi connectivity index (χ1n) is 9.36. The van der Waals surface area contributed by atoms with Crippen LogP contribution in [0.2, 0.25) is 5.02 Å². The molecule has 0 aliphatic rings. The summed E-state index contributed by atoms with van der Waals surface area (Å²) in [6.45, 7) is 6.07. The van der Waals surface area contributed by atoms with E-state index in [1.54, 1.807) is 24.4 Å². The minimum atomic E-state index is -0.358. The molecule has 0 spiro atoms. The fourth-order valence-corrected chi connectivity index (χ4v) is 3.44. The van der Waals surface area contributed by atoms with E-state index in [0.717, 1.165) is 28.2 Å². The predicted octanol–water partition coefficient (Wildman–Crippen LogP) is 4.84. The van der Waals surface area contributed by atoms with Crippen LogP contribution in [0.4, 0.5) is 0 Å². The molecule has 156 valence electrons. The number of methoxy groups -OCH3 is 2. The summed E-state index contributed by atoms with van der Waals surface area (Å²) >= 11 is 6.19. The summed E-state index contributed by atoms with van der Waals surface area (Å²) in [5.74, 6) is 0.704. The zero-order chi connectivity index (χ0) is 21.8. The summed E-state index contributed by atoms with van der Waals surface area (Å²) in [5.41, 5.74) is 8.02. The molecule has 2 aromatic carbocycles. The number of aryl methyl sites for hydroxylation is 2. The Morgan fingerprint density at radius 2 is 1.70 bits per heavy atom. The summed E-state index contributed by atoms with van der Waals surface area (Å²) in [4.78, 5) is 12.5. The predicted molar refractivity (Wildman–Crippen MR) is 120 cm³/mol. The van der Waals surface area contributed by atoms with Gasteiger partial charge in [0.2, 0.25) is 0 Å². The molecule has 7 heteroatoms. The van der Waals surface area contributed by atoms with Gasteiger partial charge >= 0.3 is 0 Å². The van der Waals surface area contributed by atoms with Crippen LogP contribution in [0.5, 0.6) is 11.5 Å². The van der Waals surface area contributed by atoms with E-state index >= 15 is 0 Å². The fraction of sp³-hybridized carbons (Fsp3) is 0.217. The minimum absolute atomic E-state index is 0.358. The number of carbonyl (C=O) groups is 1. The number of ether oxygens (including phenoxy) is 2. The summed E-state index contributed by atoms with van der Waals surface area (Å²) < 4.78 is 12.5. The molecule has 3 aromatic rings. The van der Waals surface area contributed by atoms with Crippen molar-refractivity contribution in [2.45, 2.75) is 20.8 Å². The second-order valence-electron chi connectivity index (χ2n) is 6.89. The zero-order valence-corrected chi connectivity index (χ0v) is 18.4. The lowest BCUT2D eigenvalue weighted by molar-refractivity contribution is 0.0954. The van der Waals surface area contributed by atoms with Crippen molar-refractivity contribution < 1.29 is 14.3 Å². The molecule has 0 aliphatic heterocycles. The third kappa shape index (κ3) is 4.49. The number of nitrogens with zero attached hydrogens (tertiary/aromatic N) is 2. The molecule has 1 heterocycles.